The fourth-order valence-corrected chi connectivity index (χ4v) is 1.96. The number of hydrogen-bond acceptors (Lipinski definition) is 3. The van der Waals surface area contributed by atoms with Crippen LogP contribution in [-0.4, -0.2) is 11.0 Å². The third-order valence-electron chi connectivity index (χ3n) is 3.07. The van der Waals surface area contributed by atoms with Gasteiger partial charge in [0.2, 0.25) is 0 Å². The van der Waals surface area contributed by atoms with Gasteiger partial charge in [-0.3, -0.25) is 0 Å². The number of hydrogen-bond donors (Lipinski definition) is 1. The lowest BCUT2D eigenvalue weighted by Gasteiger charge is -2.16. The first-order valence-corrected chi connectivity index (χ1v) is 6.15. The smallest absolute Gasteiger partial charge is 0.366 e. The highest BCUT2D eigenvalue weighted by molar-refractivity contribution is 5.53. The first kappa shape index (κ1) is 13.7. The molecular formula is C13H14F3N3. The van der Waals surface area contributed by atoms with Crippen LogP contribution in [0.5, 0.6) is 0 Å². The zero-order valence-corrected chi connectivity index (χ0v) is 10.5. The van der Waals surface area contributed by atoms with Crippen LogP contribution in [0.3, 0.4) is 0 Å². The number of nitrogens with one attached hydrogen (secondary N) is 1. The Morgan fingerprint density at radius 3 is 2.68 bits per heavy atom. The zero-order chi connectivity index (χ0) is 14.0. The van der Waals surface area contributed by atoms with Crippen LogP contribution in [0.1, 0.15) is 37.4 Å². The second-order valence-corrected chi connectivity index (χ2v) is 4.93. The molecule has 0 aliphatic heterocycles. The normalized spacial score (nSPS) is 16.8. The lowest BCUT2D eigenvalue weighted by Crippen LogP contribution is -2.19. The van der Waals surface area contributed by atoms with Crippen molar-refractivity contribution < 1.29 is 13.2 Å². The Bertz CT molecular complexity index is 501. The number of rotatable bonds is 4. The Labute approximate surface area is 109 Å². The maximum absolute atomic E-state index is 12.6. The summed E-state index contributed by atoms with van der Waals surface area (Å²) in [4.78, 5) is 3.52. The predicted molar refractivity (Wildman–Crippen MR) is 64.4 cm³/mol. The van der Waals surface area contributed by atoms with Crippen LogP contribution in [0.25, 0.3) is 0 Å². The second-order valence-electron chi connectivity index (χ2n) is 4.93. The van der Waals surface area contributed by atoms with Gasteiger partial charge in [0.25, 0.3) is 0 Å². The maximum Gasteiger partial charge on any atom is 0.433 e. The molecule has 1 fully saturated rings. The standard InChI is InChI=1S/C13H14F3N3/c1-8(6-9-2-3-9)18-12-10(7-17)4-5-11(19-12)13(14,15)16/h4-5,8-9H,2-3,6H2,1H3,(H,18,19). The average molecular weight is 269 g/mol. The molecule has 0 spiro atoms. The highest BCUT2D eigenvalue weighted by Crippen LogP contribution is 2.34. The van der Waals surface area contributed by atoms with E-state index < -0.39 is 11.9 Å². The molecule has 1 atom stereocenters. The van der Waals surface area contributed by atoms with E-state index in [0.717, 1.165) is 18.6 Å². The summed E-state index contributed by atoms with van der Waals surface area (Å²) in [6.07, 6.45) is -1.26. The number of pyridine rings is 1. The molecule has 1 aromatic heterocycles. The predicted octanol–water partition coefficient (Wildman–Crippen LogP) is 3.57. The summed E-state index contributed by atoms with van der Waals surface area (Å²) < 4.78 is 37.8. The third kappa shape index (κ3) is 3.60. The summed E-state index contributed by atoms with van der Waals surface area (Å²) >= 11 is 0. The number of nitriles is 1. The molecular weight excluding hydrogens is 255 g/mol. The Kier molecular flexibility index (Phi) is 3.65. The third-order valence-corrected chi connectivity index (χ3v) is 3.07. The zero-order valence-electron chi connectivity index (χ0n) is 10.5. The molecule has 1 saturated carbocycles. The minimum absolute atomic E-state index is 0.00980. The van der Waals surface area contributed by atoms with E-state index in [9.17, 15) is 13.2 Å². The van der Waals surface area contributed by atoms with Crippen molar-refractivity contribution in [1.82, 2.24) is 4.98 Å². The largest absolute Gasteiger partial charge is 0.433 e. The maximum atomic E-state index is 12.6. The van der Waals surface area contributed by atoms with Gasteiger partial charge < -0.3 is 5.32 Å². The van der Waals surface area contributed by atoms with E-state index in [0.29, 0.717) is 5.92 Å². The molecule has 1 heterocycles. The molecule has 102 valence electrons. The van der Waals surface area contributed by atoms with Gasteiger partial charge in [-0.25, -0.2) is 4.98 Å². The van der Waals surface area contributed by atoms with Gasteiger partial charge in [0.05, 0.1) is 5.56 Å². The van der Waals surface area contributed by atoms with Crippen LogP contribution in [0.2, 0.25) is 0 Å². The van der Waals surface area contributed by atoms with Gasteiger partial charge in [0.15, 0.2) is 0 Å². The molecule has 1 aromatic rings. The van der Waals surface area contributed by atoms with E-state index in [1.807, 2.05) is 13.0 Å². The van der Waals surface area contributed by atoms with Gasteiger partial charge >= 0.3 is 6.18 Å². The molecule has 2 rings (SSSR count). The molecule has 1 N–H and O–H groups in total. The van der Waals surface area contributed by atoms with Gasteiger partial charge in [-0.15, -0.1) is 0 Å². The fourth-order valence-electron chi connectivity index (χ4n) is 1.96. The number of alkyl halides is 3. The molecule has 1 unspecified atom stereocenters. The van der Waals surface area contributed by atoms with E-state index in [4.69, 9.17) is 5.26 Å². The van der Waals surface area contributed by atoms with Crippen molar-refractivity contribution >= 4 is 5.82 Å². The van der Waals surface area contributed by atoms with Crippen molar-refractivity contribution in [3.63, 3.8) is 0 Å². The summed E-state index contributed by atoms with van der Waals surface area (Å²) in [5.41, 5.74) is -0.844. The Morgan fingerprint density at radius 1 is 1.47 bits per heavy atom. The summed E-state index contributed by atoms with van der Waals surface area (Å²) in [7, 11) is 0. The second kappa shape index (κ2) is 5.08. The molecule has 0 amide bonds. The first-order valence-electron chi connectivity index (χ1n) is 6.15. The Hall–Kier alpha value is -1.77. The van der Waals surface area contributed by atoms with Gasteiger partial charge in [-0.05, 0) is 31.4 Å². The summed E-state index contributed by atoms with van der Waals surface area (Å²) in [6, 6.07) is 3.85. The Balaban J connectivity index is 2.18. The van der Waals surface area contributed by atoms with Gasteiger partial charge in [-0.1, -0.05) is 12.8 Å². The van der Waals surface area contributed by atoms with E-state index in [2.05, 4.69) is 10.3 Å². The highest BCUT2D eigenvalue weighted by Gasteiger charge is 2.33. The minimum atomic E-state index is -4.50. The number of aromatic nitrogens is 1. The lowest BCUT2D eigenvalue weighted by molar-refractivity contribution is -0.141. The van der Waals surface area contributed by atoms with E-state index in [1.165, 1.54) is 12.8 Å². The van der Waals surface area contributed by atoms with E-state index in [-0.39, 0.29) is 17.4 Å². The molecule has 0 aromatic carbocycles. The van der Waals surface area contributed by atoms with Crippen LogP contribution in [0.15, 0.2) is 12.1 Å². The Morgan fingerprint density at radius 2 is 2.16 bits per heavy atom. The van der Waals surface area contributed by atoms with Crippen molar-refractivity contribution in [3.05, 3.63) is 23.4 Å². The van der Waals surface area contributed by atoms with Gasteiger partial charge in [-0.2, -0.15) is 18.4 Å². The van der Waals surface area contributed by atoms with Crippen molar-refractivity contribution in [3.8, 4) is 6.07 Å². The number of nitrogens with zero attached hydrogens (tertiary/aromatic N) is 2. The summed E-state index contributed by atoms with van der Waals surface area (Å²) in [5, 5.41) is 11.8. The first-order chi connectivity index (χ1) is 8.90. The number of halogens is 3. The molecule has 3 nitrogen and oxygen atoms in total. The lowest BCUT2D eigenvalue weighted by atomic mass is 10.1. The molecule has 0 radical (unpaired) electrons. The summed E-state index contributed by atoms with van der Waals surface area (Å²) in [6.45, 7) is 1.89. The average Bonchev–Trinajstić information content (AvgIpc) is 3.11. The fraction of sp³-hybridized carbons (Fsp3) is 0.538. The molecule has 1 aliphatic rings. The van der Waals surface area contributed by atoms with Crippen LogP contribution in [-0.2, 0) is 6.18 Å². The van der Waals surface area contributed by atoms with Crippen molar-refractivity contribution in [1.29, 1.82) is 5.26 Å². The molecule has 6 heteroatoms. The van der Waals surface area contributed by atoms with E-state index in [1.54, 1.807) is 0 Å². The SMILES string of the molecule is CC(CC1CC1)Nc1nc(C(F)(F)F)ccc1C#N. The van der Waals surface area contributed by atoms with Crippen LogP contribution >= 0.6 is 0 Å². The molecule has 0 saturated heterocycles. The number of anilines is 1. The van der Waals surface area contributed by atoms with Crippen LogP contribution in [0.4, 0.5) is 19.0 Å². The molecule has 19 heavy (non-hydrogen) atoms. The quantitative estimate of drug-likeness (QED) is 0.909. The monoisotopic (exact) mass is 269 g/mol. The van der Waals surface area contributed by atoms with Crippen molar-refractivity contribution in [2.45, 2.75) is 38.4 Å². The van der Waals surface area contributed by atoms with Crippen LogP contribution in [0, 0.1) is 17.2 Å². The minimum Gasteiger partial charge on any atom is -0.366 e. The van der Waals surface area contributed by atoms with Crippen LogP contribution < -0.4 is 5.32 Å². The van der Waals surface area contributed by atoms with Crippen molar-refractivity contribution in [2.75, 3.05) is 5.32 Å². The highest BCUT2D eigenvalue weighted by atomic mass is 19.4. The van der Waals surface area contributed by atoms with Gasteiger partial charge in [0, 0.05) is 6.04 Å². The summed E-state index contributed by atoms with van der Waals surface area (Å²) in [5.74, 6) is 0.671. The molecule has 1 aliphatic carbocycles. The van der Waals surface area contributed by atoms with Crippen molar-refractivity contribution in [2.24, 2.45) is 5.92 Å². The van der Waals surface area contributed by atoms with E-state index >= 15 is 0 Å². The van der Waals surface area contributed by atoms with Gasteiger partial charge in [0.1, 0.15) is 17.6 Å². The molecule has 0 bridgehead atoms. The topological polar surface area (TPSA) is 48.7 Å².